The van der Waals surface area contributed by atoms with Gasteiger partial charge in [-0.05, 0) is 23.2 Å². The maximum Gasteiger partial charge on any atom is 0.0128 e. The van der Waals surface area contributed by atoms with Crippen molar-refractivity contribution in [3.63, 3.8) is 0 Å². The van der Waals surface area contributed by atoms with E-state index < -0.39 is 0 Å². The average Bonchev–Trinajstić information content (AvgIpc) is 2.14. The van der Waals surface area contributed by atoms with Crippen LogP contribution in [0.5, 0.6) is 0 Å². The molecule has 0 radical (unpaired) electrons. The van der Waals surface area contributed by atoms with Crippen LogP contribution in [-0.2, 0) is 0 Å². The van der Waals surface area contributed by atoms with Gasteiger partial charge in [0.2, 0.25) is 0 Å². The molecule has 1 aliphatic carbocycles. The molecule has 1 aliphatic rings. The van der Waals surface area contributed by atoms with Crippen molar-refractivity contribution in [3.8, 4) is 0 Å². The van der Waals surface area contributed by atoms with E-state index in [4.69, 9.17) is 5.73 Å². The third-order valence-electron chi connectivity index (χ3n) is 2.97. The van der Waals surface area contributed by atoms with Crippen LogP contribution in [-0.4, -0.2) is 6.04 Å². The highest BCUT2D eigenvalue weighted by molar-refractivity contribution is 5.09. The second-order valence-electron chi connectivity index (χ2n) is 5.72. The van der Waals surface area contributed by atoms with E-state index in [1.54, 1.807) is 0 Å². The number of hydrogen-bond acceptors (Lipinski definition) is 1. The van der Waals surface area contributed by atoms with Gasteiger partial charge in [0.25, 0.3) is 0 Å². The van der Waals surface area contributed by atoms with Crippen molar-refractivity contribution in [1.82, 2.24) is 0 Å². The normalized spacial score (nSPS) is 35.5. The Morgan fingerprint density at radius 3 is 1.73 bits per heavy atom. The van der Waals surface area contributed by atoms with Gasteiger partial charge < -0.3 is 5.73 Å². The molecule has 2 atom stereocenters. The molecule has 1 saturated carbocycles. The Labute approximate surface area is 70.4 Å². The highest BCUT2D eigenvalue weighted by Gasteiger charge is 2.55. The minimum Gasteiger partial charge on any atom is -0.327 e. The first-order chi connectivity index (χ1) is 4.75. The van der Waals surface area contributed by atoms with E-state index in [-0.39, 0.29) is 0 Å². The van der Waals surface area contributed by atoms with Crippen molar-refractivity contribution in [2.75, 3.05) is 0 Å². The Morgan fingerprint density at radius 1 is 1.27 bits per heavy atom. The summed E-state index contributed by atoms with van der Waals surface area (Å²) in [5, 5.41) is 0. The lowest BCUT2D eigenvalue weighted by Crippen LogP contribution is -2.10. The molecule has 0 bridgehead atoms. The fourth-order valence-electron chi connectivity index (χ4n) is 1.84. The predicted molar refractivity (Wildman–Crippen MR) is 49.3 cm³/mol. The Bertz CT molecular complexity index is 153. The molecular weight excluding hydrogens is 134 g/mol. The lowest BCUT2D eigenvalue weighted by Gasteiger charge is -2.18. The molecule has 0 aromatic carbocycles. The van der Waals surface area contributed by atoms with Crippen LogP contribution in [0.25, 0.3) is 0 Å². The summed E-state index contributed by atoms with van der Waals surface area (Å²) in [4.78, 5) is 0. The second-order valence-corrected chi connectivity index (χ2v) is 5.72. The first-order valence-corrected chi connectivity index (χ1v) is 4.51. The van der Waals surface area contributed by atoms with Crippen molar-refractivity contribution in [2.45, 2.75) is 47.1 Å². The number of nitrogens with two attached hydrogens (primary N) is 1. The summed E-state index contributed by atoms with van der Waals surface area (Å²) < 4.78 is 0. The topological polar surface area (TPSA) is 26.0 Å². The molecule has 66 valence electrons. The second kappa shape index (κ2) is 2.22. The van der Waals surface area contributed by atoms with Gasteiger partial charge in [0.05, 0.1) is 0 Å². The standard InChI is InChI=1S/C10H21N/c1-9(2,3)6-7-8(11)10(7,4)5/h7-8H,6,11H2,1-5H3/t7-,8-/m0/s1. The zero-order valence-electron chi connectivity index (χ0n) is 8.44. The molecule has 0 amide bonds. The molecule has 1 heteroatoms. The van der Waals surface area contributed by atoms with Gasteiger partial charge >= 0.3 is 0 Å². The first-order valence-electron chi connectivity index (χ1n) is 4.51. The zero-order chi connectivity index (χ0) is 8.86. The summed E-state index contributed by atoms with van der Waals surface area (Å²) >= 11 is 0. The lowest BCUT2D eigenvalue weighted by atomic mass is 9.87. The van der Waals surface area contributed by atoms with Gasteiger partial charge in [0.1, 0.15) is 0 Å². The molecule has 11 heavy (non-hydrogen) atoms. The van der Waals surface area contributed by atoms with Gasteiger partial charge in [0.15, 0.2) is 0 Å². The molecule has 0 aliphatic heterocycles. The van der Waals surface area contributed by atoms with E-state index >= 15 is 0 Å². The van der Waals surface area contributed by atoms with E-state index in [0.717, 1.165) is 5.92 Å². The average molecular weight is 155 g/mol. The van der Waals surface area contributed by atoms with Crippen LogP contribution in [0.4, 0.5) is 0 Å². The van der Waals surface area contributed by atoms with Gasteiger partial charge in [-0.25, -0.2) is 0 Å². The molecule has 1 rings (SSSR count). The third-order valence-corrected chi connectivity index (χ3v) is 2.97. The summed E-state index contributed by atoms with van der Waals surface area (Å²) in [6.45, 7) is 11.4. The molecule has 1 fully saturated rings. The number of rotatable bonds is 1. The Hall–Kier alpha value is -0.0400. The largest absolute Gasteiger partial charge is 0.327 e. The van der Waals surface area contributed by atoms with Crippen LogP contribution in [0.1, 0.15) is 41.0 Å². The van der Waals surface area contributed by atoms with Gasteiger partial charge in [-0.2, -0.15) is 0 Å². The van der Waals surface area contributed by atoms with Crippen molar-refractivity contribution in [1.29, 1.82) is 0 Å². The SMILES string of the molecule is CC(C)(C)C[C@H]1[C@H](N)C1(C)C. The Kier molecular flexibility index (Phi) is 1.83. The smallest absolute Gasteiger partial charge is 0.0128 e. The van der Waals surface area contributed by atoms with Crippen molar-refractivity contribution in [3.05, 3.63) is 0 Å². The summed E-state index contributed by atoms with van der Waals surface area (Å²) in [5.41, 5.74) is 6.80. The van der Waals surface area contributed by atoms with Crippen molar-refractivity contribution < 1.29 is 0 Å². The van der Waals surface area contributed by atoms with Gasteiger partial charge in [0, 0.05) is 6.04 Å². The molecule has 0 saturated heterocycles. The fraction of sp³-hybridized carbons (Fsp3) is 1.00. The first kappa shape index (κ1) is 9.05. The van der Waals surface area contributed by atoms with E-state index in [2.05, 4.69) is 34.6 Å². The minimum atomic E-state index is 0.410. The van der Waals surface area contributed by atoms with Crippen LogP contribution in [0, 0.1) is 16.7 Å². The van der Waals surface area contributed by atoms with Crippen molar-refractivity contribution in [2.24, 2.45) is 22.5 Å². The zero-order valence-corrected chi connectivity index (χ0v) is 8.44. The van der Waals surface area contributed by atoms with Crippen LogP contribution in [0.3, 0.4) is 0 Å². The maximum absolute atomic E-state index is 5.95. The van der Waals surface area contributed by atoms with Gasteiger partial charge in [-0.1, -0.05) is 34.6 Å². The molecule has 2 N–H and O–H groups in total. The van der Waals surface area contributed by atoms with E-state index in [1.165, 1.54) is 6.42 Å². The molecule has 1 nitrogen and oxygen atoms in total. The van der Waals surface area contributed by atoms with E-state index in [9.17, 15) is 0 Å². The van der Waals surface area contributed by atoms with Gasteiger partial charge in [-0.15, -0.1) is 0 Å². The fourth-order valence-corrected chi connectivity index (χ4v) is 1.84. The third kappa shape index (κ3) is 1.76. The highest BCUT2D eigenvalue weighted by Crippen LogP contribution is 2.55. The maximum atomic E-state index is 5.95. The summed E-state index contributed by atoms with van der Waals surface area (Å²) in [7, 11) is 0. The summed E-state index contributed by atoms with van der Waals surface area (Å²) in [6, 6.07) is 0.446. The van der Waals surface area contributed by atoms with E-state index in [0.29, 0.717) is 16.9 Å². The summed E-state index contributed by atoms with van der Waals surface area (Å²) in [6.07, 6.45) is 1.27. The van der Waals surface area contributed by atoms with Crippen molar-refractivity contribution >= 4 is 0 Å². The van der Waals surface area contributed by atoms with Crippen LogP contribution in [0.2, 0.25) is 0 Å². The van der Waals surface area contributed by atoms with Crippen LogP contribution < -0.4 is 5.73 Å². The molecule has 0 aromatic rings. The van der Waals surface area contributed by atoms with E-state index in [1.807, 2.05) is 0 Å². The molecule has 0 unspecified atom stereocenters. The van der Waals surface area contributed by atoms with Crippen LogP contribution in [0.15, 0.2) is 0 Å². The highest BCUT2D eigenvalue weighted by atomic mass is 14.8. The quantitative estimate of drug-likeness (QED) is 0.618. The van der Waals surface area contributed by atoms with Crippen LogP contribution >= 0.6 is 0 Å². The molecule has 0 aromatic heterocycles. The Morgan fingerprint density at radius 2 is 1.64 bits per heavy atom. The lowest BCUT2D eigenvalue weighted by molar-refractivity contribution is 0.327. The predicted octanol–water partition coefficient (Wildman–Crippen LogP) is 2.41. The number of hydrogen-bond donors (Lipinski definition) is 1. The Balaban J connectivity index is 2.44. The molecule has 0 heterocycles. The summed E-state index contributed by atoms with van der Waals surface area (Å²) in [5.74, 6) is 0.752. The molecular formula is C10H21N. The minimum absolute atomic E-state index is 0.410. The monoisotopic (exact) mass is 155 g/mol. The molecule has 0 spiro atoms. The van der Waals surface area contributed by atoms with Gasteiger partial charge in [-0.3, -0.25) is 0 Å².